The lowest BCUT2D eigenvalue weighted by Gasteiger charge is -2.18. The SMILES string of the molecule is CC/C=C\C/C=C\C/C=C\C/C=C\C/C=C\C/C=C\C/C=C\C/C=C\C/C=C\C/C=C\CCCCC(=O)OCC(COC(=O)CCCCCCCCC)OC(=O)CCCCCCCCCCCCCCCCCCC. The summed E-state index contributed by atoms with van der Waals surface area (Å²) in [5, 5.41) is 0. The van der Waals surface area contributed by atoms with Crippen LogP contribution in [0.4, 0.5) is 0 Å². The number of carbonyl (C=O) groups excluding carboxylic acids is 3. The van der Waals surface area contributed by atoms with Crippen LogP contribution < -0.4 is 0 Å². The first-order valence-corrected chi connectivity index (χ1v) is 31.0. The molecule has 6 nitrogen and oxygen atoms in total. The fourth-order valence-electron chi connectivity index (χ4n) is 8.35. The molecule has 0 heterocycles. The van der Waals surface area contributed by atoms with Gasteiger partial charge in [0.2, 0.25) is 0 Å². The van der Waals surface area contributed by atoms with Gasteiger partial charge in [-0.1, -0.05) is 284 Å². The highest BCUT2D eigenvalue weighted by Gasteiger charge is 2.19. The number of hydrogen-bond donors (Lipinski definition) is 0. The summed E-state index contributed by atoms with van der Waals surface area (Å²) >= 11 is 0. The van der Waals surface area contributed by atoms with Crippen LogP contribution in [0.2, 0.25) is 0 Å². The number of allylic oxidation sites excluding steroid dienone is 20. The fraction of sp³-hybridized carbons (Fsp3) is 0.667. The van der Waals surface area contributed by atoms with E-state index >= 15 is 0 Å². The topological polar surface area (TPSA) is 78.9 Å². The minimum Gasteiger partial charge on any atom is -0.462 e. The molecular formula is C69H114O6. The molecule has 0 aromatic heterocycles. The molecule has 426 valence electrons. The Bertz CT molecular complexity index is 1570. The first-order chi connectivity index (χ1) is 37.0. The molecule has 6 heteroatoms. The zero-order valence-electron chi connectivity index (χ0n) is 48.8. The first-order valence-electron chi connectivity index (χ1n) is 31.0. The van der Waals surface area contributed by atoms with E-state index in [4.69, 9.17) is 14.2 Å². The lowest BCUT2D eigenvalue weighted by Crippen LogP contribution is -2.30. The molecule has 0 spiro atoms. The summed E-state index contributed by atoms with van der Waals surface area (Å²) in [7, 11) is 0. The van der Waals surface area contributed by atoms with Crippen molar-refractivity contribution in [2.45, 2.75) is 284 Å². The summed E-state index contributed by atoms with van der Waals surface area (Å²) in [5.74, 6) is -0.939. The van der Waals surface area contributed by atoms with Crippen LogP contribution in [0.3, 0.4) is 0 Å². The van der Waals surface area contributed by atoms with E-state index in [0.717, 1.165) is 122 Å². The van der Waals surface area contributed by atoms with E-state index in [0.29, 0.717) is 19.3 Å². The van der Waals surface area contributed by atoms with Gasteiger partial charge in [0.25, 0.3) is 0 Å². The van der Waals surface area contributed by atoms with Crippen LogP contribution in [0.5, 0.6) is 0 Å². The Morgan fingerprint density at radius 3 is 0.813 bits per heavy atom. The quantitative estimate of drug-likeness (QED) is 0.0261. The van der Waals surface area contributed by atoms with E-state index in [1.165, 1.54) is 116 Å². The lowest BCUT2D eigenvalue weighted by atomic mass is 10.0. The second-order valence-electron chi connectivity index (χ2n) is 20.2. The average molecular weight is 1040 g/mol. The zero-order chi connectivity index (χ0) is 54.3. The second-order valence-corrected chi connectivity index (χ2v) is 20.2. The molecule has 0 N–H and O–H groups in total. The minimum atomic E-state index is -0.793. The van der Waals surface area contributed by atoms with Crippen LogP contribution >= 0.6 is 0 Å². The predicted molar refractivity (Wildman–Crippen MR) is 325 cm³/mol. The van der Waals surface area contributed by atoms with E-state index in [1.54, 1.807) is 0 Å². The third-order valence-electron chi connectivity index (χ3n) is 13.0. The number of esters is 3. The van der Waals surface area contributed by atoms with Gasteiger partial charge in [-0.05, 0) is 96.3 Å². The molecule has 0 aliphatic carbocycles. The average Bonchev–Trinajstić information content (AvgIpc) is 3.41. The maximum absolute atomic E-state index is 12.8. The summed E-state index contributed by atoms with van der Waals surface area (Å²) in [6.45, 7) is 6.46. The molecule has 0 aromatic rings. The molecule has 1 unspecified atom stereocenters. The van der Waals surface area contributed by atoms with Crippen molar-refractivity contribution in [2.24, 2.45) is 0 Å². The molecule has 0 aromatic carbocycles. The number of hydrogen-bond acceptors (Lipinski definition) is 6. The predicted octanol–water partition coefficient (Wildman–Crippen LogP) is 21.2. The summed E-state index contributed by atoms with van der Waals surface area (Å²) in [6.07, 6.45) is 86.6. The Kier molecular flexibility index (Phi) is 58.9. The Balaban J connectivity index is 4.24. The monoisotopic (exact) mass is 1040 g/mol. The molecule has 1 atom stereocenters. The van der Waals surface area contributed by atoms with Gasteiger partial charge in [0, 0.05) is 19.3 Å². The Hall–Kier alpha value is -4.19. The number of carbonyl (C=O) groups is 3. The van der Waals surface area contributed by atoms with E-state index in [1.807, 2.05) is 0 Å². The molecular weight excluding hydrogens is 925 g/mol. The normalized spacial score (nSPS) is 12.9. The smallest absolute Gasteiger partial charge is 0.306 e. The molecule has 75 heavy (non-hydrogen) atoms. The van der Waals surface area contributed by atoms with E-state index < -0.39 is 6.10 Å². The molecule has 0 aliphatic heterocycles. The van der Waals surface area contributed by atoms with Crippen LogP contribution in [-0.2, 0) is 28.6 Å². The van der Waals surface area contributed by atoms with Gasteiger partial charge in [-0.25, -0.2) is 0 Å². The van der Waals surface area contributed by atoms with Gasteiger partial charge in [-0.3, -0.25) is 14.4 Å². The minimum absolute atomic E-state index is 0.0907. The van der Waals surface area contributed by atoms with Gasteiger partial charge in [0.1, 0.15) is 13.2 Å². The Labute approximate surface area is 462 Å². The van der Waals surface area contributed by atoms with Crippen molar-refractivity contribution in [2.75, 3.05) is 13.2 Å². The van der Waals surface area contributed by atoms with E-state index in [2.05, 4.69) is 142 Å². The Morgan fingerprint density at radius 2 is 0.520 bits per heavy atom. The highest BCUT2D eigenvalue weighted by Crippen LogP contribution is 2.16. The molecule has 0 bridgehead atoms. The summed E-state index contributed by atoms with van der Waals surface area (Å²) in [4.78, 5) is 38.0. The summed E-state index contributed by atoms with van der Waals surface area (Å²) in [6, 6.07) is 0. The van der Waals surface area contributed by atoms with Crippen molar-refractivity contribution in [3.05, 3.63) is 122 Å². The van der Waals surface area contributed by atoms with Gasteiger partial charge >= 0.3 is 17.9 Å². The van der Waals surface area contributed by atoms with Crippen molar-refractivity contribution in [1.29, 1.82) is 0 Å². The van der Waals surface area contributed by atoms with E-state index in [9.17, 15) is 14.4 Å². The van der Waals surface area contributed by atoms with Crippen molar-refractivity contribution in [3.63, 3.8) is 0 Å². The van der Waals surface area contributed by atoms with Gasteiger partial charge in [0.05, 0.1) is 0 Å². The largest absolute Gasteiger partial charge is 0.462 e. The Morgan fingerprint density at radius 1 is 0.280 bits per heavy atom. The molecule has 0 amide bonds. The van der Waals surface area contributed by atoms with Gasteiger partial charge < -0.3 is 14.2 Å². The molecule has 0 aliphatic rings. The molecule has 0 fully saturated rings. The number of ether oxygens (including phenoxy) is 3. The highest BCUT2D eigenvalue weighted by molar-refractivity contribution is 5.71. The highest BCUT2D eigenvalue weighted by atomic mass is 16.6. The third kappa shape index (κ3) is 60.6. The molecule has 0 saturated carbocycles. The number of unbranched alkanes of at least 4 members (excludes halogenated alkanes) is 24. The van der Waals surface area contributed by atoms with E-state index in [-0.39, 0.29) is 31.1 Å². The molecule has 0 radical (unpaired) electrons. The third-order valence-corrected chi connectivity index (χ3v) is 13.0. The lowest BCUT2D eigenvalue weighted by molar-refractivity contribution is -0.167. The maximum Gasteiger partial charge on any atom is 0.306 e. The standard InChI is InChI=1S/C69H114O6/c1-4-7-10-13-16-18-20-22-24-26-27-28-29-30-31-32-33-34-35-36-37-38-39-40-41-43-44-46-48-50-53-56-59-62-68(71)74-65-66(64-73-67(70)61-58-55-52-15-12-9-6-3)75-69(72)63-60-57-54-51-49-47-45-42-25-23-21-19-17-14-11-8-5-2/h7,10,16,18,22,24,27-28,30-31,33-34,36-37,39-40,43-44,48,50,66H,4-6,8-9,11-15,17,19-21,23,25-26,29,32,35,38,41-42,45-47,49,51-65H2,1-3H3/b10-7-,18-16-,24-22-,28-27-,31-30-,34-33-,37-36-,40-39-,44-43-,50-48-. The van der Waals surface area contributed by atoms with Crippen LogP contribution in [-0.4, -0.2) is 37.2 Å². The van der Waals surface area contributed by atoms with Crippen LogP contribution in [0.25, 0.3) is 0 Å². The zero-order valence-corrected chi connectivity index (χ0v) is 48.8. The number of rotatable bonds is 55. The fourth-order valence-corrected chi connectivity index (χ4v) is 8.35. The summed E-state index contributed by atoms with van der Waals surface area (Å²) < 4.78 is 16.8. The van der Waals surface area contributed by atoms with Gasteiger partial charge in [-0.2, -0.15) is 0 Å². The van der Waals surface area contributed by atoms with Crippen molar-refractivity contribution < 1.29 is 28.6 Å². The first kappa shape index (κ1) is 70.8. The van der Waals surface area contributed by atoms with Crippen LogP contribution in [0, 0.1) is 0 Å². The molecule has 0 saturated heterocycles. The van der Waals surface area contributed by atoms with Crippen LogP contribution in [0.1, 0.15) is 278 Å². The van der Waals surface area contributed by atoms with Gasteiger partial charge in [0.15, 0.2) is 6.10 Å². The molecule has 0 rings (SSSR count). The van der Waals surface area contributed by atoms with Crippen molar-refractivity contribution >= 4 is 17.9 Å². The second kappa shape index (κ2) is 62.4. The van der Waals surface area contributed by atoms with Crippen LogP contribution in [0.15, 0.2) is 122 Å². The summed E-state index contributed by atoms with van der Waals surface area (Å²) in [5.41, 5.74) is 0. The maximum atomic E-state index is 12.8. The van der Waals surface area contributed by atoms with Crippen molar-refractivity contribution in [3.8, 4) is 0 Å². The van der Waals surface area contributed by atoms with Crippen molar-refractivity contribution in [1.82, 2.24) is 0 Å². The van der Waals surface area contributed by atoms with Gasteiger partial charge in [-0.15, -0.1) is 0 Å².